The average Bonchev–Trinajstić information content (AvgIpc) is 2.44. The highest BCUT2D eigenvalue weighted by Crippen LogP contribution is 2.43. The molecule has 0 amide bonds. The number of nitrogens with two attached hydrogens (primary N) is 1. The van der Waals surface area contributed by atoms with Gasteiger partial charge in [0.1, 0.15) is 0 Å². The largest absolute Gasteiger partial charge is 0.393 e. The maximum Gasteiger partial charge on any atom is 0.0764 e. The van der Waals surface area contributed by atoms with Gasteiger partial charge in [0.05, 0.1) is 4.99 Å². The summed E-state index contributed by atoms with van der Waals surface area (Å²) < 4.78 is 0. The zero-order chi connectivity index (χ0) is 7.14. The standard InChI is InChI=1S/C8H11NS/c9-8(10)7-4-5-1-2-6(7)3-5/h1-2,5-7H,3-4H2,(H2,9,10)/t5-,6+,7?/m1/s1. The SMILES string of the molecule is NC(=S)C1C[C@@H]2C=C[C@H]1C2. The Labute approximate surface area is 66.3 Å². The average molecular weight is 153 g/mol. The van der Waals surface area contributed by atoms with Crippen molar-refractivity contribution in [1.82, 2.24) is 0 Å². The minimum absolute atomic E-state index is 0.519. The van der Waals surface area contributed by atoms with Gasteiger partial charge in [-0.1, -0.05) is 24.4 Å². The summed E-state index contributed by atoms with van der Waals surface area (Å²) in [5, 5.41) is 0. The first-order valence-electron chi connectivity index (χ1n) is 3.75. The fourth-order valence-corrected chi connectivity index (χ4v) is 2.38. The predicted molar refractivity (Wildman–Crippen MR) is 45.6 cm³/mol. The number of rotatable bonds is 1. The molecule has 10 heavy (non-hydrogen) atoms. The van der Waals surface area contributed by atoms with E-state index in [1.54, 1.807) is 0 Å². The van der Waals surface area contributed by atoms with Gasteiger partial charge in [0, 0.05) is 5.92 Å². The summed E-state index contributed by atoms with van der Waals surface area (Å²) in [5.74, 6) is 1.99. The van der Waals surface area contributed by atoms with Crippen molar-refractivity contribution in [1.29, 1.82) is 0 Å². The van der Waals surface area contributed by atoms with E-state index in [0.717, 1.165) is 10.9 Å². The van der Waals surface area contributed by atoms with Crippen LogP contribution in [0.15, 0.2) is 12.2 Å². The van der Waals surface area contributed by atoms with Crippen LogP contribution in [0.2, 0.25) is 0 Å². The van der Waals surface area contributed by atoms with Gasteiger partial charge in [-0.15, -0.1) is 0 Å². The third-order valence-corrected chi connectivity index (χ3v) is 2.95. The molecule has 0 aromatic carbocycles. The first-order chi connectivity index (χ1) is 4.77. The molecule has 0 radical (unpaired) electrons. The van der Waals surface area contributed by atoms with Crippen LogP contribution in [-0.4, -0.2) is 4.99 Å². The molecule has 54 valence electrons. The van der Waals surface area contributed by atoms with Gasteiger partial charge in [0.2, 0.25) is 0 Å². The molecule has 2 N–H and O–H groups in total. The fraction of sp³-hybridized carbons (Fsp3) is 0.625. The van der Waals surface area contributed by atoms with E-state index in [-0.39, 0.29) is 0 Å². The van der Waals surface area contributed by atoms with E-state index in [1.165, 1.54) is 12.8 Å². The zero-order valence-corrected chi connectivity index (χ0v) is 6.60. The number of allylic oxidation sites excluding steroid dienone is 2. The fourth-order valence-electron chi connectivity index (χ4n) is 2.11. The Balaban J connectivity index is 2.16. The second-order valence-corrected chi connectivity index (χ2v) is 3.76. The third-order valence-electron chi connectivity index (χ3n) is 2.64. The van der Waals surface area contributed by atoms with Gasteiger partial charge < -0.3 is 5.73 Å². The van der Waals surface area contributed by atoms with Crippen LogP contribution in [0.25, 0.3) is 0 Å². The van der Waals surface area contributed by atoms with Crippen molar-refractivity contribution in [3.63, 3.8) is 0 Å². The van der Waals surface area contributed by atoms with Crippen LogP contribution in [0, 0.1) is 17.8 Å². The molecule has 0 aliphatic heterocycles. The van der Waals surface area contributed by atoms with Crippen LogP contribution < -0.4 is 5.73 Å². The van der Waals surface area contributed by atoms with Gasteiger partial charge in [-0.25, -0.2) is 0 Å². The van der Waals surface area contributed by atoms with Crippen molar-refractivity contribution in [2.75, 3.05) is 0 Å². The Kier molecular flexibility index (Phi) is 1.31. The van der Waals surface area contributed by atoms with Crippen LogP contribution in [0.1, 0.15) is 12.8 Å². The highest BCUT2D eigenvalue weighted by molar-refractivity contribution is 7.80. The van der Waals surface area contributed by atoms with Gasteiger partial charge in [-0.2, -0.15) is 0 Å². The molecule has 2 heteroatoms. The van der Waals surface area contributed by atoms with Crippen molar-refractivity contribution >= 4 is 17.2 Å². The van der Waals surface area contributed by atoms with E-state index in [4.69, 9.17) is 18.0 Å². The summed E-state index contributed by atoms with van der Waals surface area (Å²) in [4.78, 5) is 0.719. The maximum absolute atomic E-state index is 5.58. The molecule has 2 rings (SSSR count). The van der Waals surface area contributed by atoms with Crippen LogP contribution >= 0.6 is 12.2 Å². The van der Waals surface area contributed by atoms with E-state index in [2.05, 4.69) is 12.2 Å². The number of hydrogen-bond acceptors (Lipinski definition) is 1. The van der Waals surface area contributed by atoms with Crippen molar-refractivity contribution in [2.45, 2.75) is 12.8 Å². The van der Waals surface area contributed by atoms with Crippen LogP contribution in [0.5, 0.6) is 0 Å². The predicted octanol–water partition coefficient (Wildman–Crippen LogP) is 1.48. The Bertz CT molecular complexity index is 197. The monoisotopic (exact) mass is 153 g/mol. The quantitative estimate of drug-likeness (QED) is 0.456. The summed E-state index contributed by atoms with van der Waals surface area (Å²) in [5.41, 5.74) is 5.58. The molecule has 1 fully saturated rings. The third kappa shape index (κ3) is 0.788. The van der Waals surface area contributed by atoms with Crippen LogP contribution in [0.4, 0.5) is 0 Å². The Morgan fingerprint density at radius 3 is 2.50 bits per heavy atom. The van der Waals surface area contributed by atoms with Crippen molar-refractivity contribution in [3.8, 4) is 0 Å². The van der Waals surface area contributed by atoms with Gasteiger partial charge >= 0.3 is 0 Å². The molecular formula is C8H11NS. The first-order valence-corrected chi connectivity index (χ1v) is 4.16. The molecule has 1 saturated carbocycles. The zero-order valence-electron chi connectivity index (χ0n) is 5.79. The maximum atomic E-state index is 5.58. The molecule has 2 aliphatic carbocycles. The van der Waals surface area contributed by atoms with Gasteiger partial charge in [0.25, 0.3) is 0 Å². The van der Waals surface area contributed by atoms with E-state index in [9.17, 15) is 0 Å². The van der Waals surface area contributed by atoms with E-state index in [0.29, 0.717) is 11.8 Å². The highest BCUT2D eigenvalue weighted by atomic mass is 32.1. The molecule has 0 aromatic rings. The Morgan fingerprint density at radius 1 is 1.40 bits per heavy atom. The van der Waals surface area contributed by atoms with E-state index >= 15 is 0 Å². The summed E-state index contributed by atoms with van der Waals surface area (Å²) in [7, 11) is 0. The molecular weight excluding hydrogens is 142 g/mol. The summed E-state index contributed by atoms with van der Waals surface area (Å²) >= 11 is 4.96. The molecule has 0 heterocycles. The van der Waals surface area contributed by atoms with Crippen molar-refractivity contribution in [2.24, 2.45) is 23.5 Å². The van der Waals surface area contributed by atoms with E-state index < -0.39 is 0 Å². The molecule has 0 aromatic heterocycles. The lowest BCUT2D eigenvalue weighted by Gasteiger charge is -2.15. The lowest BCUT2D eigenvalue weighted by atomic mass is 9.94. The topological polar surface area (TPSA) is 26.0 Å². The van der Waals surface area contributed by atoms with Gasteiger partial charge in [-0.3, -0.25) is 0 Å². The number of hydrogen-bond donors (Lipinski definition) is 1. The molecule has 2 aliphatic rings. The smallest absolute Gasteiger partial charge is 0.0764 e. The van der Waals surface area contributed by atoms with Crippen molar-refractivity contribution < 1.29 is 0 Å². The minimum Gasteiger partial charge on any atom is -0.393 e. The Morgan fingerprint density at radius 2 is 2.20 bits per heavy atom. The summed E-state index contributed by atoms with van der Waals surface area (Å²) in [6.07, 6.45) is 7.08. The highest BCUT2D eigenvalue weighted by Gasteiger charge is 2.36. The second kappa shape index (κ2) is 2.06. The first kappa shape index (κ1) is 6.35. The second-order valence-electron chi connectivity index (χ2n) is 3.29. The molecule has 0 saturated heterocycles. The van der Waals surface area contributed by atoms with Gasteiger partial charge in [-0.05, 0) is 24.7 Å². The molecule has 0 spiro atoms. The molecule has 1 unspecified atom stereocenters. The van der Waals surface area contributed by atoms with Gasteiger partial charge in [0.15, 0.2) is 0 Å². The van der Waals surface area contributed by atoms with Crippen LogP contribution in [-0.2, 0) is 0 Å². The summed E-state index contributed by atoms with van der Waals surface area (Å²) in [6.45, 7) is 0. The van der Waals surface area contributed by atoms with Crippen molar-refractivity contribution in [3.05, 3.63) is 12.2 Å². The molecule has 1 nitrogen and oxygen atoms in total. The lowest BCUT2D eigenvalue weighted by molar-refractivity contribution is 0.587. The number of fused-ring (bicyclic) bond motifs is 2. The number of thiocarbonyl (C=S) groups is 1. The van der Waals surface area contributed by atoms with E-state index in [1.807, 2.05) is 0 Å². The molecule has 2 bridgehead atoms. The molecule has 3 atom stereocenters. The normalized spacial score (nSPS) is 42.6. The summed E-state index contributed by atoms with van der Waals surface area (Å²) in [6, 6.07) is 0. The van der Waals surface area contributed by atoms with Crippen LogP contribution in [0.3, 0.4) is 0 Å². The Hall–Kier alpha value is -0.370. The minimum atomic E-state index is 0.519. The lowest BCUT2D eigenvalue weighted by Crippen LogP contribution is -2.24.